The van der Waals surface area contributed by atoms with Crippen molar-refractivity contribution in [2.45, 2.75) is 302 Å². The number of likely N-dealkylation sites (N-methyl/N-ethyl adjacent to an activating group) is 1. The normalized spacial score (nSPS) is 12.8. The molecule has 0 aromatic heterocycles. The number of hydrogen-bond donors (Lipinski definition) is 0. The highest BCUT2D eigenvalue weighted by Crippen LogP contribution is 2.17. The highest BCUT2D eigenvalue weighted by atomic mass is 16.7. The van der Waals surface area contributed by atoms with Crippen molar-refractivity contribution in [3.05, 3.63) is 12.2 Å². The van der Waals surface area contributed by atoms with Gasteiger partial charge in [-0.25, -0.2) is 0 Å². The molecule has 0 fully saturated rings. The molecule has 9 nitrogen and oxygen atoms in total. The molecule has 2 unspecified atom stereocenters. The third-order valence-corrected chi connectivity index (χ3v) is 13.3. The van der Waals surface area contributed by atoms with Gasteiger partial charge in [0.25, 0.3) is 0 Å². The number of hydrogen-bond acceptors (Lipinski definition) is 8. The van der Waals surface area contributed by atoms with Crippen LogP contribution < -0.4 is 5.11 Å². The van der Waals surface area contributed by atoms with E-state index >= 15 is 0 Å². The Bertz CT molecular complexity index is 1120. The maximum absolute atomic E-state index is 12.8. The fraction of sp³-hybridized carbons (Fsp3) is 0.915. The third-order valence-electron chi connectivity index (χ3n) is 13.3. The summed E-state index contributed by atoms with van der Waals surface area (Å²) in [6, 6.07) is 0. The van der Waals surface area contributed by atoms with Gasteiger partial charge in [0.05, 0.1) is 40.3 Å². The SMILES string of the molecule is CCCCCCCCCC/C=C\CCCCCCCCCCCCCCCCCCCCCCCC(=O)OC(COC(=O)CCCCCCCCCCCC)COC(OCC[N+](C)(C)C)C(=O)[O-]. The number of ether oxygens (including phenoxy) is 4. The van der Waals surface area contributed by atoms with E-state index in [-0.39, 0.29) is 32.2 Å². The maximum Gasteiger partial charge on any atom is 0.306 e. The number of allylic oxidation sites excluding steroid dienone is 2. The van der Waals surface area contributed by atoms with Gasteiger partial charge in [0, 0.05) is 12.8 Å². The van der Waals surface area contributed by atoms with Gasteiger partial charge in [0.1, 0.15) is 13.2 Å². The van der Waals surface area contributed by atoms with Crippen molar-refractivity contribution in [3.8, 4) is 0 Å². The van der Waals surface area contributed by atoms with E-state index in [2.05, 4.69) is 26.0 Å². The zero-order chi connectivity index (χ0) is 49.9. The second-order valence-electron chi connectivity index (χ2n) is 21.3. The van der Waals surface area contributed by atoms with Crippen LogP contribution in [0.25, 0.3) is 0 Å². The summed E-state index contributed by atoms with van der Waals surface area (Å²) in [5, 5.41) is 11.7. The number of carboxylic acids is 1. The number of carbonyl (C=O) groups is 3. The van der Waals surface area contributed by atoms with Crippen LogP contribution in [0.3, 0.4) is 0 Å². The molecule has 0 bridgehead atoms. The summed E-state index contributed by atoms with van der Waals surface area (Å²) >= 11 is 0. The van der Waals surface area contributed by atoms with Gasteiger partial charge in [-0.05, 0) is 38.5 Å². The van der Waals surface area contributed by atoms with Crippen molar-refractivity contribution < 1.29 is 42.9 Å². The van der Waals surface area contributed by atoms with E-state index in [0.717, 1.165) is 38.5 Å². The Morgan fingerprint density at radius 2 is 0.750 bits per heavy atom. The molecule has 0 saturated carbocycles. The summed E-state index contributed by atoms with van der Waals surface area (Å²) < 4.78 is 22.6. The number of carbonyl (C=O) groups excluding carboxylic acids is 3. The molecule has 402 valence electrons. The van der Waals surface area contributed by atoms with Gasteiger partial charge in [-0.15, -0.1) is 0 Å². The zero-order valence-corrected chi connectivity index (χ0v) is 45.8. The van der Waals surface area contributed by atoms with Crippen LogP contribution in [0.2, 0.25) is 0 Å². The van der Waals surface area contributed by atoms with Crippen LogP contribution in [0.1, 0.15) is 290 Å². The van der Waals surface area contributed by atoms with Crippen molar-refractivity contribution in [1.29, 1.82) is 0 Å². The quantitative estimate of drug-likeness (QED) is 0.0195. The first-order valence-electron chi connectivity index (χ1n) is 29.3. The lowest BCUT2D eigenvalue weighted by Crippen LogP contribution is -2.44. The molecule has 0 N–H and O–H groups in total. The molecule has 0 aromatic carbocycles. The fourth-order valence-electron chi connectivity index (χ4n) is 8.71. The van der Waals surface area contributed by atoms with Gasteiger partial charge in [0.15, 0.2) is 12.4 Å². The number of unbranched alkanes of at least 4 members (excludes halogenated alkanes) is 38. The Morgan fingerprint density at radius 1 is 0.426 bits per heavy atom. The number of nitrogens with zero attached hydrogens (tertiary/aromatic N) is 1. The van der Waals surface area contributed by atoms with Crippen LogP contribution in [0, 0.1) is 0 Å². The van der Waals surface area contributed by atoms with Crippen LogP contribution in [0.4, 0.5) is 0 Å². The molecule has 0 heterocycles. The lowest BCUT2D eigenvalue weighted by molar-refractivity contribution is -0.870. The topological polar surface area (TPSA) is 111 Å². The van der Waals surface area contributed by atoms with E-state index in [9.17, 15) is 19.5 Å². The lowest BCUT2D eigenvalue weighted by atomic mass is 10.0. The highest BCUT2D eigenvalue weighted by Gasteiger charge is 2.22. The first-order chi connectivity index (χ1) is 33.1. The Hall–Kier alpha value is -1.97. The first kappa shape index (κ1) is 66.0. The molecule has 2 atom stereocenters. The van der Waals surface area contributed by atoms with Gasteiger partial charge >= 0.3 is 11.9 Å². The molecular formula is C59H113NO8. The molecule has 0 rings (SSSR count). The molecule has 68 heavy (non-hydrogen) atoms. The van der Waals surface area contributed by atoms with E-state index in [1.54, 1.807) is 0 Å². The minimum atomic E-state index is -1.61. The molecule has 0 radical (unpaired) electrons. The van der Waals surface area contributed by atoms with Crippen molar-refractivity contribution in [1.82, 2.24) is 0 Å². The van der Waals surface area contributed by atoms with E-state index < -0.39 is 24.3 Å². The highest BCUT2D eigenvalue weighted by molar-refractivity contribution is 5.70. The van der Waals surface area contributed by atoms with Crippen LogP contribution in [-0.4, -0.2) is 82.3 Å². The molecular weight excluding hydrogens is 851 g/mol. The smallest absolute Gasteiger partial charge is 0.306 e. The third kappa shape index (κ3) is 51.9. The number of aliphatic carboxylic acids is 1. The second kappa shape index (κ2) is 51.4. The summed E-state index contributed by atoms with van der Waals surface area (Å²) in [4.78, 5) is 37.1. The number of quaternary nitrogens is 1. The summed E-state index contributed by atoms with van der Waals surface area (Å²) in [6.45, 7) is 4.77. The van der Waals surface area contributed by atoms with Gasteiger partial charge in [-0.1, -0.05) is 251 Å². The predicted octanol–water partition coefficient (Wildman–Crippen LogP) is 15.6. The van der Waals surface area contributed by atoms with Gasteiger partial charge < -0.3 is 33.3 Å². The van der Waals surface area contributed by atoms with Gasteiger partial charge in [0.2, 0.25) is 0 Å². The number of carboxylic acid groups (broad SMARTS) is 1. The van der Waals surface area contributed by atoms with E-state index in [1.807, 2.05) is 21.1 Å². The zero-order valence-electron chi connectivity index (χ0n) is 45.8. The summed E-state index contributed by atoms with van der Waals surface area (Å²) in [6.07, 6.45) is 55.8. The Labute approximate surface area is 421 Å². The summed E-state index contributed by atoms with van der Waals surface area (Å²) in [5.74, 6) is -2.26. The van der Waals surface area contributed by atoms with E-state index in [4.69, 9.17) is 18.9 Å². The average molecular weight is 965 g/mol. The Balaban J connectivity index is 3.97. The standard InChI is InChI=1S/C59H113NO8/c1-6-8-10-12-14-16-18-19-20-21-22-23-24-25-26-27-28-29-30-31-32-33-34-35-36-37-38-39-40-42-44-46-48-50-57(62)68-55(54-67-59(58(63)64)65-52-51-60(3,4)5)53-66-56(61)49-47-45-43-41-17-15-13-11-9-7-2/h21-22,55,59H,6-20,23-54H2,1-5H3/b22-21-. The summed E-state index contributed by atoms with van der Waals surface area (Å²) in [5.41, 5.74) is 0. The number of rotatable bonds is 55. The average Bonchev–Trinajstić information content (AvgIpc) is 3.30. The minimum absolute atomic E-state index is 0.152. The molecule has 0 aliphatic rings. The van der Waals surface area contributed by atoms with Crippen LogP contribution in [0.5, 0.6) is 0 Å². The van der Waals surface area contributed by atoms with Gasteiger partial charge in [-0.3, -0.25) is 9.59 Å². The molecule has 0 aliphatic heterocycles. The predicted molar refractivity (Wildman–Crippen MR) is 283 cm³/mol. The largest absolute Gasteiger partial charge is 0.545 e. The van der Waals surface area contributed by atoms with E-state index in [1.165, 1.54) is 225 Å². The molecule has 0 saturated heterocycles. The van der Waals surface area contributed by atoms with Crippen LogP contribution in [-0.2, 0) is 33.3 Å². The molecule has 9 heteroatoms. The first-order valence-corrected chi connectivity index (χ1v) is 29.3. The van der Waals surface area contributed by atoms with Crippen molar-refractivity contribution in [3.63, 3.8) is 0 Å². The van der Waals surface area contributed by atoms with Crippen molar-refractivity contribution >= 4 is 17.9 Å². The molecule has 0 spiro atoms. The Morgan fingerprint density at radius 3 is 1.09 bits per heavy atom. The molecule has 0 amide bonds. The van der Waals surface area contributed by atoms with Gasteiger partial charge in [-0.2, -0.15) is 0 Å². The van der Waals surface area contributed by atoms with Crippen LogP contribution in [0.15, 0.2) is 12.2 Å². The van der Waals surface area contributed by atoms with Crippen molar-refractivity contribution in [2.24, 2.45) is 0 Å². The van der Waals surface area contributed by atoms with E-state index in [0.29, 0.717) is 17.4 Å². The minimum Gasteiger partial charge on any atom is -0.545 e. The fourth-order valence-corrected chi connectivity index (χ4v) is 8.71. The monoisotopic (exact) mass is 964 g/mol. The maximum atomic E-state index is 12.8. The van der Waals surface area contributed by atoms with Crippen molar-refractivity contribution in [2.75, 3.05) is 47.5 Å². The molecule has 0 aromatic rings. The van der Waals surface area contributed by atoms with Crippen LogP contribution >= 0.6 is 0 Å². The summed E-state index contributed by atoms with van der Waals surface area (Å²) in [7, 11) is 5.93. The Kier molecular flexibility index (Phi) is 49.9. The second-order valence-corrected chi connectivity index (χ2v) is 21.3. The number of esters is 2. The molecule has 0 aliphatic carbocycles. The lowest BCUT2D eigenvalue weighted by Gasteiger charge is -2.26.